The van der Waals surface area contributed by atoms with E-state index < -0.39 is 11.7 Å². The summed E-state index contributed by atoms with van der Waals surface area (Å²) in [5, 5.41) is 2.57. The largest absolute Gasteiger partial charge is 0.465 e. The minimum absolute atomic E-state index is 0.208. The Bertz CT molecular complexity index is 268. The summed E-state index contributed by atoms with van der Waals surface area (Å²) < 4.78 is 9.90. The van der Waals surface area contributed by atoms with Crippen molar-refractivity contribution in [3.05, 3.63) is 12.7 Å². The van der Waals surface area contributed by atoms with Gasteiger partial charge in [-0.2, -0.15) is 0 Å². The zero-order chi connectivity index (χ0) is 13.3. The van der Waals surface area contributed by atoms with Gasteiger partial charge in [-0.3, -0.25) is 4.79 Å². The number of carbonyl (C=O) groups is 2. The Morgan fingerprint density at radius 2 is 2.00 bits per heavy atom. The molecule has 0 bridgehead atoms. The Morgan fingerprint density at radius 3 is 2.53 bits per heavy atom. The smallest absolute Gasteiger partial charge is 0.407 e. The van der Waals surface area contributed by atoms with E-state index in [1.165, 1.54) is 6.08 Å². The number of nitrogens with one attached hydrogen (secondary N) is 1. The fourth-order valence-electron chi connectivity index (χ4n) is 0.940. The first-order valence-corrected chi connectivity index (χ1v) is 5.58. The molecule has 0 rings (SSSR count). The van der Waals surface area contributed by atoms with Crippen LogP contribution in [0.2, 0.25) is 0 Å². The standard InChI is InChI=1S/C12H21NO4/c1-5-7-10(14)16-9-6-8-13-11(15)17-12(2,3)4/h5H,1,6-9H2,2-4H3,(H,13,15). The third-order valence-corrected chi connectivity index (χ3v) is 1.56. The fourth-order valence-corrected chi connectivity index (χ4v) is 0.940. The van der Waals surface area contributed by atoms with Gasteiger partial charge in [-0.25, -0.2) is 4.79 Å². The molecule has 0 radical (unpaired) electrons. The van der Waals surface area contributed by atoms with Crippen molar-refractivity contribution < 1.29 is 19.1 Å². The summed E-state index contributed by atoms with van der Waals surface area (Å²) in [7, 11) is 0. The number of rotatable bonds is 6. The summed E-state index contributed by atoms with van der Waals surface area (Å²) in [5.41, 5.74) is -0.499. The van der Waals surface area contributed by atoms with Crippen LogP contribution >= 0.6 is 0 Å². The zero-order valence-corrected chi connectivity index (χ0v) is 10.7. The van der Waals surface area contributed by atoms with Crippen molar-refractivity contribution in [2.75, 3.05) is 13.2 Å². The lowest BCUT2D eigenvalue weighted by Crippen LogP contribution is -2.33. The molecule has 0 unspecified atom stereocenters. The van der Waals surface area contributed by atoms with Crippen LogP contribution in [0.3, 0.4) is 0 Å². The Labute approximate surface area is 102 Å². The lowest BCUT2D eigenvalue weighted by Gasteiger charge is -2.19. The normalized spacial score (nSPS) is 10.5. The van der Waals surface area contributed by atoms with Gasteiger partial charge in [0.15, 0.2) is 0 Å². The Morgan fingerprint density at radius 1 is 1.35 bits per heavy atom. The molecule has 98 valence electrons. The van der Waals surface area contributed by atoms with Crippen LogP contribution in [0.15, 0.2) is 12.7 Å². The molecular formula is C12H21NO4. The van der Waals surface area contributed by atoms with Gasteiger partial charge in [0.2, 0.25) is 0 Å². The maximum absolute atomic E-state index is 11.2. The van der Waals surface area contributed by atoms with Crippen LogP contribution in [0.1, 0.15) is 33.6 Å². The summed E-state index contributed by atoms with van der Waals surface area (Å²) in [6, 6.07) is 0. The van der Waals surface area contributed by atoms with Crippen LogP contribution < -0.4 is 5.32 Å². The first kappa shape index (κ1) is 15.5. The van der Waals surface area contributed by atoms with Crippen molar-refractivity contribution in [3.63, 3.8) is 0 Å². The molecule has 0 atom stereocenters. The first-order chi connectivity index (χ1) is 7.85. The van der Waals surface area contributed by atoms with Crippen molar-refractivity contribution in [2.24, 2.45) is 0 Å². The Hall–Kier alpha value is -1.52. The minimum atomic E-state index is -0.499. The van der Waals surface area contributed by atoms with E-state index >= 15 is 0 Å². The first-order valence-electron chi connectivity index (χ1n) is 5.58. The van der Waals surface area contributed by atoms with Gasteiger partial charge in [0.05, 0.1) is 13.0 Å². The number of hydrogen-bond donors (Lipinski definition) is 1. The summed E-state index contributed by atoms with van der Waals surface area (Å²) in [6.07, 6.45) is 1.79. The second kappa shape index (κ2) is 7.70. The average molecular weight is 243 g/mol. The molecule has 0 aliphatic heterocycles. The van der Waals surface area contributed by atoms with Gasteiger partial charge in [-0.15, -0.1) is 6.58 Å². The van der Waals surface area contributed by atoms with Crippen molar-refractivity contribution in [2.45, 2.75) is 39.2 Å². The summed E-state index contributed by atoms with van der Waals surface area (Å²) >= 11 is 0. The van der Waals surface area contributed by atoms with Crippen molar-refractivity contribution in [3.8, 4) is 0 Å². The third kappa shape index (κ3) is 10.8. The van der Waals surface area contributed by atoms with E-state index in [1.54, 1.807) is 20.8 Å². The molecule has 1 N–H and O–H groups in total. The van der Waals surface area contributed by atoms with E-state index in [0.29, 0.717) is 13.0 Å². The highest BCUT2D eigenvalue weighted by atomic mass is 16.6. The molecule has 0 aromatic carbocycles. The van der Waals surface area contributed by atoms with Gasteiger partial charge < -0.3 is 14.8 Å². The Kier molecular flexibility index (Phi) is 7.02. The second-order valence-electron chi connectivity index (χ2n) is 4.50. The number of esters is 1. The monoisotopic (exact) mass is 243 g/mol. The quantitative estimate of drug-likeness (QED) is 0.440. The Balaban J connectivity index is 3.49. The van der Waals surface area contributed by atoms with Gasteiger partial charge in [0.25, 0.3) is 0 Å². The molecule has 0 saturated heterocycles. The molecule has 0 aromatic rings. The number of amides is 1. The van der Waals surface area contributed by atoms with Crippen LogP contribution in [0.4, 0.5) is 4.79 Å². The van der Waals surface area contributed by atoms with Crippen LogP contribution in [-0.4, -0.2) is 30.8 Å². The van der Waals surface area contributed by atoms with Gasteiger partial charge in [-0.05, 0) is 27.2 Å². The highest BCUT2D eigenvalue weighted by Crippen LogP contribution is 2.06. The minimum Gasteiger partial charge on any atom is -0.465 e. The predicted octanol–water partition coefficient (Wildman–Crippen LogP) is 2.02. The molecule has 17 heavy (non-hydrogen) atoms. The molecule has 0 aromatic heterocycles. The lowest BCUT2D eigenvalue weighted by molar-refractivity contribution is -0.142. The lowest BCUT2D eigenvalue weighted by atomic mass is 10.2. The van der Waals surface area contributed by atoms with Gasteiger partial charge in [0.1, 0.15) is 5.60 Å². The highest BCUT2D eigenvalue weighted by molar-refractivity contribution is 5.71. The molecule has 0 heterocycles. The number of ether oxygens (including phenoxy) is 2. The molecule has 0 saturated carbocycles. The van der Waals surface area contributed by atoms with E-state index in [1.807, 2.05) is 0 Å². The number of alkyl carbamates (subject to hydrolysis) is 1. The highest BCUT2D eigenvalue weighted by Gasteiger charge is 2.15. The SMILES string of the molecule is C=CCC(=O)OCCCNC(=O)OC(C)(C)C. The maximum Gasteiger partial charge on any atom is 0.407 e. The molecule has 0 fully saturated rings. The molecule has 0 spiro atoms. The average Bonchev–Trinajstić information content (AvgIpc) is 2.14. The van der Waals surface area contributed by atoms with Crippen molar-refractivity contribution in [1.82, 2.24) is 5.32 Å². The van der Waals surface area contributed by atoms with Gasteiger partial charge >= 0.3 is 12.1 Å². The number of carbonyl (C=O) groups excluding carboxylic acids is 2. The summed E-state index contributed by atoms with van der Waals surface area (Å²) in [6.45, 7) is 9.51. The molecule has 0 aliphatic rings. The van der Waals surface area contributed by atoms with Crippen LogP contribution in [0.25, 0.3) is 0 Å². The zero-order valence-electron chi connectivity index (χ0n) is 10.7. The van der Waals surface area contributed by atoms with Crippen LogP contribution in [0, 0.1) is 0 Å². The van der Waals surface area contributed by atoms with Gasteiger partial charge in [0, 0.05) is 6.54 Å². The van der Waals surface area contributed by atoms with E-state index in [0.717, 1.165) is 0 Å². The third-order valence-electron chi connectivity index (χ3n) is 1.56. The van der Waals surface area contributed by atoms with Crippen LogP contribution in [-0.2, 0) is 14.3 Å². The van der Waals surface area contributed by atoms with E-state index in [-0.39, 0.29) is 19.0 Å². The second-order valence-corrected chi connectivity index (χ2v) is 4.50. The van der Waals surface area contributed by atoms with Crippen molar-refractivity contribution in [1.29, 1.82) is 0 Å². The molecule has 0 aliphatic carbocycles. The van der Waals surface area contributed by atoms with E-state index in [2.05, 4.69) is 11.9 Å². The maximum atomic E-state index is 11.2. The molecular weight excluding hydrogens is 222 g/mol. The van der Waals surface area contributed by atoms with E-state index in [9.17, 15) is 9.59 Å². The van der Waals surface area contributed by atoms with E-state index in [4.69, 9.17) is 9.47 Å². The molecule has 1 amide bonds. The molecule has 5 nitrogen and oxygen atoms in total. The number of hydrogen-bond acceptors (Lipinski definition) is 4. The van der Waals surface area contributed by atoms with Crippen molar-refractivity contribution >= 4 is 12.1 Å². The summed E-state index contributed by atoms with van der Waals surface area (Å²) in [4.78, 5) is 22.1. The van der Waals surface area contributed by atoms with Gasteiger partial charge in [-0.1, -0.05) is 6.08 Å². The van der Waals surface area contributed by atoms with Crippen LogP contribution in [0.5, 0.6) is 0 Å². The fraction of sp³-hybridized carbons (Fsp3) is 0.667. The summed E-state index contributed by atoms with van der Waals surface area (Å²) in [5.74, 6) is -0.308. The molecule has 5 heteroatoms. The topological polar surface area (TPSA) is 64.6 Å². The predicted molar refractivity (Wildman–Crippen MR) is 64.6 cm³/mol.